The first-order valence-corrected chi connectivity index (χ1v) is 11.0. The number of hydrogen-bond acceptors (Lipinski definition) is 6. The fourth-order valence-corrected chi connectivity index (χ4v) is 7.78. The number of nitrogens with zero attached hydrogens (tertiary/aromatic N) is 1. The molecule has 30 heavy (non-hydrogen) atoms. The Morgan fingerprint density at radius 3 is 2.73 bits per heavy atom. The highest BCUT2D eigenvalue weighted by Gasteiger charge is 2.76. The van der Waals surface area contributed by atoms with Gasteiger partial charge in [0.2, 0.25) is 0 Å². The van der Waals surface area contributed by atoms with Gasteiger partial charge in [0, 0.05) is 44.1 Å². The lowest BCUT2D eigenvalue weighted by molar-refractivity contribution is -0.150. The molecule has 0 unspecified atom stereocenters. The lowest BCUT2D eigenvalue weighted by atomic mass is 9.50. The number of methoxy groups -OCH3 is 2. The molecule has 2 N–H and O–H groups in total. The predicted octanol–water partition coefficient (Wildman–Crippen LogP) is 3.08. The standard InChI is InChI=1S/C23H26BrNO5/c1-5-25-9-22(10-29-3)14(27)6-7-23-11(2)15-12(8-13(26)18(28)17(15)24)16(21(23)25)19(30-4)20(22)23/h6-8,16,19-21,26,28H,2,5,9-10H2,1,3-4H3/t16-,19-,20+,21+,22-,23+/m0/s1. The molecule has 7 heteroatoms. The molecule has 1 aliphatic heterocycles. The van der Waals surface area contributed by atoms with Crippen LogP contribution < -0.4 is 0 Å². The first-order chi connectivity index (χ1) is 14.3. The van der Waals surface area contributed by atoms with Gasteiger partial charge in [0.05, 0.1) is 22.6 Å². The third-order valence-electron chi connectivity index (χ3n) is 8.02. The SMILES string of the molecule is C=C1c2c(cc(O)c(O)c2Br)[C@H]2[C@H](OC)[C@@H]3[C@]4(COC)CN(CC)[C@H]2[C@]13C=CC4=O. The smallest absolute Gasteiger partial charge is 0.172 e. The minimum atomic E-state index is -0.743. The summed E-state index contributed by atoms with van der Waals surface area (Å²) in [4.78, 5) is 15.8. The van der Waals surface area contributed by atoms with Gasteiger partial charge in [-0.1, -0.05) is 19.6 Å². The second-order valence-electron chi connectivity index (χ2n) is 8.93. The number of piperidine rings is 1. The molecule has 160 valence electrons. The van der Waals surface area contributed by atoms with Crippen molar-refractivity contribution in [2.24, 2.45) is 16.7 Å². The zero-order chi connectivity index (χ0) is 21.6. The van der Waals surface area contributed by atoms with E-state index in [-0.39, 0.29) is 41.3 Å². The molecule has 1 spiro atoms. The van der Waals surface area contributed by atoms with Gasteiger partial charge >= 0.3 is 0 Å². The van der Waals surface area contributed by atoms with E-state index in [1.807, 2.05) is 6.08 Å². The molecule has 1 aromatic rings. The number of hydrogen-bond donors (Lipinski definition) is 2. The average molecular weight is 476 g/mol. The van der Waals surface area contributed by atoms with Gasteiger partial charge in [-0.25, -0.2) is 0 Å². The van der Waals surface area contributed by atoms with Gasteiger partial charge < -0.3 is 19.7 Å². The summed E-state index contributed by atoms with van der Waals surface area (Å²) in [5.74, 6) is -0.546. The number of rotatable bonds is 4. The first-order valence-electron chi connectivity index (χ1n) is 10.2. The predicted molar refractivity (Wildman–Crippen MR) is 115 cm³/mol. The molecule has 2 fully saturated rings. The summed E-state index contributed by atoms with van der Waals surface area (Å²) >= 11 is 3.50. The zero-order valence-corrected chi connectivity index (χ0v) is 18.9. The summed E-state index contributed by atoms with van der Waals surface area (Å²) in [6.45, 7) is 8.28. The summed E-state index contributed by atoms with van der Waals surface area (Å²) in [7, 11) is 3.32. The first kappa shape index (κ1) is 20.2. The number of allylic oxidation sites excluding steroid dienone is 1. The molecule has 0 amide bonds. The molecular weight excluding hydrogens is 450 g/mol. The van der Waals surface area contributed by atoms with Crippen LogP contribution in [0.15, 0.2) is 29.3 Å². The van der Waals surface area contributed by atoms with Crippen molar-refractivity contribution in [3.63, 3.8) is 0 Å². The second-order valence-corrected chi connectivity index (χ2v) is 9.73. The third-order valence-corrected chi connectivity index (χ3v) is 8.79. The van der Waals surface area contributed by atoms with Gasteiger partial charge in [0.15, 0.2) is 17.3 Å². The monoisotopic (exact) mass is 475 g/mol. The Morgan fingerprint density at radius 2 is 2.10 bits per heavy atom. The molecule has 1 saturated carbocycles. The number of phenols is 2. The minimum Gasteiger partial charge on any atom is -0.504 e. The van der Waals surface area contributed by atoms with Crippen LogP contribution in [0.5, 0.6) is 11.5 Å². The molecular formula is C23H26BrNO5. The van der Waals surface area contributed by atoms with Crippen LogP contribution in [-0.2, 0) is 14.3 Å². The quantitative estimate of drug-likeness (QED) is 0.651. The number of carbonyl (C=O) groups excluding carboxylic acids is 1. The van der Waals surface area contributed by atoms with Crippen molar-refractivity contribution in [3.05, 3.63) is 40.4 Å². The van der Waals surface area contributed by atoms with E-state index in [9.17, 15) is 15.0 Å². The van der Waals surface area contributed by atoms with Crippen molar-refractivity contribution in [3.8, 4) is 11.5 Å². The van der Waals surface area contributed by atoms with Crippen molar-refractivity contribution in [1.82, 2.24) is 4.90 Å². The lowest BCUT2D eigenvalue weighted by Crippen LogP contribution is -2.67. The van der Waals surface area contributed by atoms with Crippen molar-refractivity contribution >= 4 is 27.3 Å². The number of ketones is 1. The number of fused-ring (bicyclic) bond motifs is 2. The topological polar surface area (TPSA) is 79.2 Å². The summed E-state index contributed by atoms with van der Waals surface area (Å²) in [6.07, 6.45) is 3.47. The average Bonchev–Trinajstić information content (AvgIpc) is 2.90. The van der Waals surface area contributed by atoms with Crippen LogP contribution in [0.1, 0.15) is 24.0 Å². The van der Waals surface area contributed by atoms with E-state index in [0.717, 1.165) is 23.2 Å². The summed E-state index contributed by atoms with van der Waals surface area (Å²) in [6, 6.07) is 1.68. The van der Waals surface area contributed by atoms with E-state index in [2.05, 4.69) is 34.3 Å². The maximum atomic E-state index is 13.4. The molecule has 5 rings (SSSR count). The minimum absolute atomic E-state index is 0.0441. The van der Waals surface area contributed by atoms with Crippen molar-refractivity contribution < 1.29 is 24.5 Å². The molecule has 0 aromatic heterocycles. The van der Waals surface area contributed by atoms with Crippen LogP contribution in [-0.4, -0.2) is 67.0 Å². The van der Waals surface area contributed by atoms with Gasteiger partial charge in [-0.05, 0) is 51.3 Å². The van der Waals surface area contributed by atoms with E-state index >= 15 is 0 Å². The molecule has 4 aliphatic rings. The van der Waals surface area contributed by atoms with Crippen LogP contribution in [0.25, 0.3) is 5.57 Å². The van der Waals surface area contributed by atoms with Gasteiger partial charge in [-0.15, -0.1) is 0 Å². The van der Waals surface area contributed by atoms with E-state index < -0.39 is 10.8 Å². The van der Waals surface area contributed by atoms with Gasteiger partial charge in [0.1, 0.15) is 0 Å². The van der Waals surface area contributed by atoms with Crippen LogP contribution >= 0.6 is 15.9 Å². The maximum Gasteiger partial charge on any atom is 0.172 e. The molecule has 5 bridgehead atoms. The molecule has 1 saturated heterocycles. The molecule has 1 aromatic carbocycles. The number of ether oxygens (including phenoxy) is 2. The van der Waals surface area contributed by atoms with Crippen LogP contribution in [0, 0.1) is 16.7 Å². The zero-order valence-electron chi connectivity index (χ0n) is 17.3. The number of likely N-dealkylation sites (tertiary alicyclic amines) is 1. The Balaban J connectivity index is 1.88. The third kappa shape index (κ3) is 2.03. The fourth-order valence-electron chi connectivity index (χ4n) is 7.11. The Bertz CT molecular complexity index is 1010. The molecule has 0 radical (unpaired) electrons. The van der Waals surface area contributed by atoms with E-state index in [1.54, 1.807) is 26.4 Å². The molecule has 6 atom stereocenters. The largest absolute Gasteiger partial charge is 0.504 e. The fraction of sp³-hybridized carbons (Fsp3) is 0.522. The summed E-state index contributed by atoms with van der Waals surface area (Å²) in [5, 5.41) is 20.8. The molecule has 3 aliphatic carbocycles. The highest BCUT2D eigenvalue weighted by atomic mass is 79.9. The van der Waals surface area contributed by atoms with Crippen LogP contribution in [0.4, 0.5) is 0 Å². The number of likely N-dealkylation sites (N-methyl/N-ethyl adjacent to an activating group) is 1. The van der Waals surface area contributed by atoms with Gasteiger partial charge in [0.25, 0.3) is 0 Å². The van der Waals surface area contributed by atoms with E-state index in [4.69, 9.17) is 9.47 Å². The van der Waals surface area contributed by atoms with Gasteiger partial charge in [-0.3, -0.25) is 9.69 Å². The van der Waals surface area contributed by atoms with Crippen LogP contribution in [0.2, 0.25) is 0 Å². The summed E-state index contributed by atoms with van der Waals surface area (Å²) in [5.41, 5.74) is 1.27. The molecule has 1 heterocycles. The van der Waals surface area contributed by atoms with Crippen LogP contribution in [0.3, 0.4) is 0 Å². The Labute approximate surface area is 184 Å². The Morgan fingerprint density at radius 1 is 1.37 bits per heavy atom. The highest BCUT2D eigenvalue weighted by Crippen LogP contribution is 2.73. The maximum absolute atomic E-state index is 13.4. The number of phenolic OH excluding ortho intramolecular Hbond substituents is 2. The number of benzene rings is 1. The highest BCUT2D eigenvalue weighted by molar-refractivity contribution is 9.10. The normalized spacial score (nSPS) is 38.8. The van der Waals surface area contributed by atoms with Crippen molar-refractivity contribution in [1.29, 1.82) is 0 Å². The van der Waals surface area contributed by atoms with E-state index in [1.165, 1.54) is 0 Å². The number of halogens is 1. The second kappa shape index (κ2) is 6.42. The Hall–Kier alpha value is -1.67. The van der Waals surface area contributed by atoms with Crippen molar-refractivity contribution in [2.45, 2.75) is 25.0 Å². The molecule has 6 nitrogen and oxygen atoms in total. The Kier molecular flexibility index (Phi) is 4.33. The number of carbonyl (C=O) groups is 1. The van der Waals surface area contributed by atoms with Crippen molar-refractivity contribution in [2.75, 3.05) is 33.9 Å². The van der Waals surface area contributed by atoms with Gasteiger partial charge in [-0.2, -0.15) is 0 Å². The number of aromatic hydroxyl groups is 2. The summed E-state index contributed by atoms with van der Waals surface area (Å²) < 4.78 is 12.2. The van der Waals surface area contributed by atoms with E-state index in [0.29, 0.717) is 17.6 Å². The lowest BCUT2D eigenvalue weighted by Gasteiger charge is -2.60.